The lowest BCUT2D eigenvalue weighted by atomic mass is 9.89. The first-order valence-electron chi connectivity index (χ1n) is 8.23. The van der Waals surface area contributed by atoms with Gasteiger partial charge in [-0.1, -0.05) is 12.1 Å². The Morgan fingerprint density at radius 3 is 2.54 bits per heavy atom. The van der Waals surface area contributed by atoms with Crippen molar-refractivity contribution < 1.29 is 22.7 Å². The number of amides is 1. The second-order valence-electron chi connectivity index (χ2n) is 6.63. The number of anilines is 1. The molecule has 1 amide bonds. The van der Waals surface area contributed by atoms with Gasteiger partial charge in [0.05, 0.1) is 5.69 Å². The van der Waals surface area contributed by atoms with Gasteiger partial charge in [-0.05, 0) is 43.7 Å². The minimum absolute atomic E-state index is 0.0357. The monoisotopic (exact) mass is 342 g/mol. The fourth-order valence-electron chi connectivity index (χ4n) is 3.66. The first kappa shape index (κ1) is 17.1. The molecule has 2 N–H and O–H groups in total. The molecule has 2 saturated heterocycles. The van der Waals surface area contributed by atoms with Gasteiger partial charge >= 0.3 is 6.18 Å². The van der Waals surface area contributed by atoms with Crippen LogP contribution in [0.15, 0.2) is 24.3 Å². The lowest BCUT2D eigenvalue weighted by Gasteiger charge is -2.28. The Balaban J connectivity index is 1.56. The molecule has 0 radical (unpaired) electrons. The maximum atomic E-state index is 12.3. The van der Waals surface area contributed by atoms with E-state index in [1.807, 2.05) is 0 Å². The normalized spacial score (nSPS) is 26.2. The summed E-state index contributed by atoms with van der Waals surface area (Å²) < 4.78 is 41.7. The molecule has 0 aromatic heterocycles. The van der Waals surface area contributed by atoms with Crippen LogP contribution >= 0.6 is 0 Å². The van der Waals surface area contributed by atoms with E-state index in [1.165, 1.54) is 6.07 Å². The number of nitrogens with one attached hydrogen (secondary N) is 2. The van der Waals surface area contributed by atoms with Crippen LogP contribution in [0.25, 0.3) is 0 Å². The smallest absolute Gasteiger partial charge is 0.422 e. The molecule has 2 unspecified atom stereocenters. The molecule has 2 fully saturated rings. The number of carbonyl (C=O) groups is 1. The lowest BCUT2D eigenvalue weighted by molar-refractivity contribution is -0.153. The predicted octanol–water partition coefficient (Wildman–Crippen LogP) is 3.49. The van der Waals surface area contributed by atoms with Gasteiger partial charge < -0.3 is 15.4 Å². The van der Waals surface area contributed by atoms with Crippen LogP contribution in [0.5, 0.6) is 5.75 Å². The van der Waals surface area contributed by atoms with E-state index >= 15 is 0 Å². The van der Waals surface area contributed by atoms with Crippen molar-refractivity contribution in [1.82, 2.24) is 5.32 Å². The maximum absolute atomic E-state index is 12.3. The summed E-state index contributed by atoms with van der Waals surface area (Å²) in [5.41, 5.74) is 0.281. The van der Waals surface area contributed by atoms with E-state index in [0.29, 0.717) is 24.4 Å². The van der Waals surface area contributed by atoms with Crippen molar-refractivity contribution in [2.75, 3.05) is 11.9 Å². The van der Waals surface area contributed by atoms with E-state index < -0.39 is 12.8 Å². The number of piperidine rings is 1. The number of para-hydroxylation sites is 2. The number of hydrogen-bond donors (Lipinski definition) is 2. The Bertz CT molecular complexity index is 579. The van der Waals surface area contributed by atoms with Gasteiger partial charge in [0.2, 0.25) is 5.91 Å². The van der Waals surface area contributed by atoms with Crippen molar-refractivity contribution in [1.29, 1.82) is 0 Å². The minimum Gasteiger partial charge on any atom is -0.482 e. The maximum Gasteiger partial charge on any atom is 0.422 e. The molecule has 1 aromatic rings. The van der Waals surface area contributed by atoms with Gasteiger partial charge in [0.25, 0.3) is 0 Å². The van der Waals surface area contributed by atoms with Crippen LogP contribution in [0, 0.1) is 5.92 Å². The van der Waals surface area contributed by atoms with Crippen molar-refractivity contribution in [3.8, 4) is 5.75 Å². The van der Waals surface area contributed by atoms with Crippen LogP contribution in [0.3, 0.4) is 0 Å². The molecule has 2 aliphatic heterocycles. The predicted molar refractivity (Wildman–Crippen MR) is 83.9 cm³/mol. The highest BCUT2D eigenvalue weighted by atomic mass is 19.4. The largest absolute Gasteiger partial charge is 0.482 e. The van der Waals surface area contributed by atoms with Crippen LogP contribution in [0.4, 0.5) is 18.9 Å². The molecule has 2 atom stereocenters. The zero-order chi connectivity index (χ0) is 17.2. The Morgan fingerprint density at radius 2 is 1.88 bits per heavy atom. The summed E-state index contributed by atoms with van der Waals surface area (Å²) in [5.74, 6) is 0.185. The highest BCUT2D eigenvalue weighted by Crippen LogP contribution is 2.33. The number of hydrogen-bond acceptors (Lipinski definition) is 3. The average Bonchev–Trinajstić information content (AvgIpc) is 2.84. The number of ether oxygens (including phenoxy) is 1. The molecule has 132 valence electrons. The molecule has 24 heavy (non-hydrogen) atoms. The number of alkyl halides is 3. The third-order valence-corrected chi connectivity index (χ3v) is 4.60. The molecule has 3 rings (SSSR count). The van der Waals surface area contributed by atoms with E-state index in [1.54, 1.807) is 18.2 Å². The van der Waals surface area contributed by atoms with Crippen LogP contribution in [0.2, 0.25) is 0 Å². The summed E-state index contributed by atoms with van der Waals surface area (Å²) in [6.07, 6.45) is 0.272. The van der Waals surface area contributed by atoms with Crippen molar-refractivity contribution in [2.24, 2.45) is 5.92 Å². The van der Waals surface area contributed by atoms with Crippen molar-refractivity contribution in [3.05, 3.63) is 24.3 Å². The Hall–Kier alpha value is -1.76. The SMILES string of the molecule is O=C(CC1CC2CCC(C1)N2)Nc1ccccc1OCC(F)(F)F. The van der Waals surface area contributed by atoms with Crippen molar-refractivity contribution >= 4 is 11.6 Å². The molecule has 2 heterocycles. The summed E-state index contributed by atoms with van der Waals surface area (Å²) in [5, 5.41) is 6.22. The molecule has 4 nitrogen and oxygen atoms in total. The topological polar surface area (TPSA) is 50.4 Å². The summed E-state index contributed by atoms with van der Waals surface area (Å²) in [6.45, 7) is -1.38. The highest BCUT2D eigenvalue weighted by molar-refractivity contribution is 5.92. The van der Waals surface area contributed by atoms with Gasteiger partial charge in [0.15, 0.2) is 6.61 Å². The summed E-state index contributed by atoms with van der Waals surface area (Å²) in [6, 6.07) is 7.21. The third kappa shape index (κ3) is 4.63. The van der Waals surface area contributed by atoms with Crippen LogP contribution in [0.1, 0.15) is 32.1 Å². The van der Waals surface area contributed by atoms with E-state index in [2.05, 4.69) is 10.6 Å². The lowest BCUT2D eigenvalue weighted by Crippen LogP contribution is -2.39. The first-order valence-corrected chi connectivity index (χ1v) is 8.23. The molecule has 0 spiro atoms. The van der Waals surface area contributed by atoms with E-state index in [0.717, 1.165) is 25.7 Å². The Morgan fingerprint density at radius 1 is 1.21 bits per heavy atom. The summed E-state index contributed by atoms with van der Waals surface area (Å²) >= 11 is 0. The van der Waals surface area contributed by atoms with Crippen molar-refractivity contribution in [3.63, 3.8) is 0 Å². The number of carbonyl (C=O) groups excluding carboxylic acids is 1. The van der Waals surface area contributed by atoms with Gasteiger partial charge in [-0.3, -0.25) is 4.79 Å². The van der Waals surface area contributed by atoms with Crippen LogP contribution in [-0.4, -0.2) is 30.8 Å². The number of halogens is 3. The first-order chi connectivity index (χ1) is 11.4. The van der Waals surface area contributed by atoms with Crippen LogP contribution < -0.4 is 15.4 Å². The molecule has 2 bridgehead atoms. The van der Waals surface area contributed by atoms with E-state index in [-0.39, 0.29) is 17.3 Å². The van der Waals surface area contributed by atoms with Gasteiger partial charge in [-0.2, -0.15) is 13.2 Å². The fourth-order valence-corrected chi connectivity index (χ4v) is 3.66. The van der Waals surface area contributed by atoms with E-state index in [9.17, 15) is 18.0 Å². The molecule has 7 heteroatoms. The summed E-state index contributed by atoms with van der Waals surface area (Å²) in [4.78, 5) is 12.3. The second-order valence-corrected chi connectivity index (χ2v) is 6.63. The molecular formula is C17H21F3N2O2. The van der Waals surface area contributed by atoms with Gasteiger partial charge in [-0.15, -0.1) is 0 Å². The summed E-state index contributed by atoms with van der Waals surface area (Å²) in [7, 11) is 0. The van der Waals surface area contributed by atoms with Gasteiger partial charge in [-0.25, -0.2) is 0 Å². The minimum atomic E-state index is -4.41. The number of rotatable bonds is 5. The molecule has 0 aliphatic carbocycles. The Kier molecular flexibility index (Phi) is 4.99. The zero-order valence-electron chi connectivity index (χ0n) is 13.2. The van der Waals surface area contributed by atoms with Crippen molar-refractivity contribution in [2.45, 2.75) is 50.4 Å². The standard InChI is InChI=1S/C17H21F3N2O2/c18-17(19,20)10-24-15-4-2-1-3-14(15)22-16(23)9-11-7-12-5-6-13(8-11)21-12/h1-4,11-13,21H,5-10H2,(H,22,23). The fraction of sp³-hybridized carbons (Fsp3) is 0.588. The highest BCUT2D eigenvalue weighted by Gasteiger charge is 2.34. The quantitative estimate of drug-likeness (QED) is 0.861. The Labute approximate surface area is 138 Å². The molecule has 1 aromatic carbocycles. The molecule has 0 saturated carbocycles. The third-order valence-electron chi connectivity index (χ3n) is 4.60. The average molecular weight is 342 g/mol. The zero-order valence-corrected chi connectivity index (χ0v) is 13.2. The van der Waals surface area contributed by atoms with E-state index in [4.69, 9.17) is 4.74 Å². The van der Waals surface area contributed by atoms with Gasteiger partial charge in [0, 0.05) is 18.5 Å². The van der Waals surface area contributed by atoms with Crippen LogP contribution in [-0.2, 0) is 4.79 Å². The molecule has 2 aliphatic rings. The second kappa shape index (κ2) is 7.01. The van der Waals surface area contributed by atoms with Gasteiger partial charge in [0.1, 0.15) is 5.75 Å². The number of fused-ring (bicyclic) bond motifs is 2. The number of benzene rings is 1. The molecular weight excluding hydrogens is 321 g/mol.